The molecule has 2 aromatic rings. The number of aromatic amines is 1. The van der Waals surface area contributed by atoms with Crippen LogP contribution in [0.1, 0.15) is 25.1 Å². The molecule has 3 N–H and O–H groups in total. The summed E-state index contributed by atoms with van der Waals surface area (Å²) in [6.07, 6.45) is 2.72. The van der Waals surface area contributed by atoms with Crippen LogP contribution in [-0.2, 0) is 0 Å². The number of rotatable bonds is 4. The van der Waals surface area contributed by atoms with Gasteiger partial charge in [0.15, 0.2) is 0 Å². The van der Waals surface area contributed by atoms with E-state index in [0.717, 1.165) is 23.5 Å². The van der Waals surface area contributed by atoms with E-state index < -0.39 is 0 Å². The Labute approximate surface area is 116 Å². The van der Waals surface area contributed by atoms with E-state index in [2.05, 4.69) is 16.9 Å². The second-order valence-corrected chi connectivity index (χ2v) is 4.99. The highest BCUT2D eigenvalue weighted by atomic mass is 35.5. The van der Waals surface area contributed by atoms with Crippen LogP contribution in [0.5, 0.6) is 0 Å². The Balaban J connectivity index is 2.37. The number of halogens is 2. The Hall–Kier alpha value is -1.03. The first kappa shape index (κ1) is 13.4. The van der Waals surface area contributed by atoms with Crippen LogP contribution in [-0.4, -0.2) is 16.5 Å². The van der Waals surface area contributed by atoms with Gasteiger partial charge in [-0.05, 0) is 24.6 Å². The summed E-state index contributed by atoms with van der Waals surface area (Å²) in [4.78, 5) is 7.63. The van der Waals surface area contributed by atoms with Gasteiger partial charge < -0.3 is 10.7 Å². The zero-order valence-corrected chi connectivity index (χ0v) is 11.6. The standard InChI is InChI=1S/C13H15Cl2N3/c1-2-8(6-16)13-17-7-12(18-13)10-5-9(14)3-4-11(10)15/h3-5,7-8H,2,6,16H2,1H3,(H,17,18). The van der Waals surface area contributed by atoms with E-state index in [1.165, 1.54) is 0 Å². The largest absolute Gasteiger partial charge is 0.342 e. The minimum Gasteiger partial charge on any atom is -0.342 e. The van der Waals surface area contributed by atoms with Crippen molar-refractivity contribution in [2.75, 3.05) is 6.54 Å². The summed E-state index contributed by atoms with van der Waals surface area (Å²) < 4.78 is 0. The van der Waals surface area contributed by atoms with Crippen molar-refractivity contribution in [1.82, 2.24) is 9.97 Å². The number of imidazole rings is 1. The molecule has 1 heterocycles. The van der Waals surface area contributed by atoms with Gasteiger partial charge in [-0.1, -0.05) is 30.1 Å². The third kappa shape index (κ3) is 2.69. The van der Waals surface area contributed by atoms with Gasteiger partial charge >= 0.3 is 0 Å². The highest BCUT2D eigenvalue weighted by molar-refractivity contribution is 6.35. The predicted octanol–water partition coefficient (Wildman–Crippen LogP) is 3.84. The third-order valence-corrected chi connectivity index (χ3v) is 3.54. The molecule has 0 fully saturated rings. The van der Waals surface area contributed by atoms with Crippen LogP contribution >= 0.6 is 23.2 Å². The van der Waals surface area contributed by atoms with Gasteiger partial charge in [-0.2, -0.15) is 0 Å². The molecule has 2 rings (SSSR count). The molecule has 0 bridgehead atoms. The van der Waals surface area contributed by atoms with Crippen LogP contribution < -0.4 is 5.73 Å². The number of nitrogens with two attached hydrogens (primary N) is 1. The SMILES string of the molecule is CCC(CN)c1ncc(-c2cc(Cl)ccc2Cl)[nH]1. The van der Waals surface area contributed by atoms with Gasteiger partial charge in [-0.25, -0.2) is 4.98 Å². The molecule has 5 heteroatoms. The molecule has 0 aliphatic carbocycles. The number of hydrogen-bond acceptors (Lipinski definition) is 2. The van der Waals surface area contributed by atoms with Crippen LogP contribution in [0.4, 0.5) is 0 Å². The van der Waals surface area contributed by atoms with Gasteiger partial charge in [-0.3, -0.25) is 0 Å². The molecule has 0 saturated carbocycles. The molecule has 0 aliphatic rings. The number of aromatic nitrogens is 2. The average Bonchev–Trinajstić information content (AvgIpc) is 2.83. The van der Waals surface area contributed by atoms with Crippen molar-refractivity contribution >= 4 is 23.2 Å². The molecule has 1 unspecified atom stereocenters. The van der Waals surface area contributed by atoms with E-state index in [0.29, 0.717) is 16.6 Å². The van der Waals surface area contributed by atoms with Crippen molar-refractivity contribution in [3.05, 3.63) is 40.3 Å². The lowest BCUT2D eigenvalue weighted by molar-refractivity contribution is 0.639. The number of nitrogens with one attached hydrogen (secondary N) is 1. The third-order valence-electron chi connectivity index (χ3n) is 2.98. The predicted molar refractivity (Wildman–Crippen MR) is 76.1 cm³/mol. The Bertz CT molecular complexity index is 533. The summed E-state index contributed by atoms with van der Waals surface area (Å²) in [5.41, 5.74) is 7.43. The first-order valence-electron chi connectivity index (χ1n) is 5.86. The van der Waals surface area contributed by atoms with E-state index in [9.17, 15) is 0 Å². The normalized spacial score (nSPS) is 12.7. The molecule has 96 valence electrons. The molecule has 1 atom stereocenters. The number of hydrogen-bond donors (Lipinski definition) is 2. The molecule has 0 saturated heterocycles. The Morgan fingerprint density at radius 1 is 1.39 bits per heavy atom. The summed E-state index contributed by atoms with van der Waals surface area (Å²) in [7, 11) is 0. The molecular formula is C13H15Cl2N3. The number of benzene rings is 1. The fourth-order valence-corrected chi connectivity index (χ4v) is 2.25. The van der Waals surface area contributed by atoms with Crippen molar-refractivity contribution in [3.63, 3.8) is 0 Å². The summed E-state index contributed by atoms with van der Waals surface area (Å²) in [6, 6.07) is 5.37. The van der Waals surface area contributed by atoms with E-state index in [4.69, 9.17) is 28.9 Å². The highest BCUT2D eigenvalue weighted by Crippen LogP contribution is 2.30. The summed E-state index contributed by atoms with van der Waals surface area (Å²) in [6.45, 7) is 2.67. The van der Waals surface area contributed by atoms with Crippen molar-refractivity contribution in [2.24, 2.45) is 5.73 Å². The van der Waals surface area contributed by atoms with Gasteiger partial charge in [0.25, 0.3) is 0 Å². The molecular weight excluding hydrogens is 269 g/mol. The minimum atomic E-state index is 0.247. The molecule has 0 radical (unpaired) electrons. The summed E-state index contributed by atoms with van der Waals surface area (Å²) in [5.74, 6) is 1.14. The second-order valence-electron chi connectivity index (χ2n) is 4.15. The summed E-state index contributed by atoms with van der Waals surface area (Å²) >= 11 is 12.1. The first-order valence-corrected chi connectivity index (χ1v) is 6.61. The first-order chi connectivity index (χ1) is 8.65. The fraction of sp³-hybridized carbons (Fsp3) is 0.308. The van der Waals surface area contributed by atoms with Crippen LogP contribution in [0.25, 0.3) is 11.3 Å². The average molecular weight is 284 g/mol. The zero-order chi connectivity index (χ0) is 13.1. The van der Waals surface area contributed by atoms with E-state index in [-0.39, 0.29) is 5.92 Å². The fourth-order valence-electron chi connectivity index (χ4n) is 1.86. The Kier molecular flexibility index (Phi) is 4.27. The van der Waals surface area contributed by atoms with Gasteiger partial charge in [0.05, 0.1) is 16.9 Å². The molecule has 3 nitrogen and oxygen atoms in total. The number of nitrogens with zero attached hydrogens (tertiary/aromatic N) is 1. The maximum absolute atomic E-state index is 6.16. The van der Waals surface area contributed by atoms with Crippen molar-refractivity contribution in [1.29, 1.82) is 0 Å². The van der Waals surface area contributed by atoms with Gasteiger partial charge in [0, 0.05) is 23.0 Å². The van der Waals surface area contributed by atoms with E-state index >= 15 is 0 Å². The maximum Gasteiger partial charge on any atom is 0.110 e. The molecule has 1 aromatic heterocycles. The van der Waals surface area contributed by atoms with Crippen LogP contribution in [0, 0.1) is 0 Å². The van der Waals surface area contributed by atoms with Crippen LogP contribution in [0.2, 0.25) is 10.0 Å². The van der Waals surface area contributed by atoms with Gasteiger partial charge in [0.2, 0.25) is 0 Å². The monoisotopic (exact) mass is 283 g/mol. The lowest BCUT2D eigenvalue weighted by Crippen LogP contribution is -2.12. The summed E-state index contributed by atoms with van der Waals surface area (Å²) in [5, 5.41) is 1.30. The Morgan fingerprint density at radius 2 is 2.17 bits per heavy atom. The lowest BCUT2D eigenvalue weighted by Gasteiger charge is -2.08. The molecule has 0 amide bonds. The Morgan fingerprint density at radius 3 is 2.83 bits per heavy atom. The van der Waals surface area contributed by atoms with Gasteiger partial charge in [0.1, 0.15) is 5.82 Å². The lowest BCUT2D eigenvalue weighted by atomic mass is 10.1. The molecule has 0 aliphatic heterocycles. The smallest absolute Gasteiger partial charge is 0.110 e. The molecule has 0 spiro atoms. The topological polar surface area (TPSA) is 54.7 Å². The van der Waals surface area contributed by atoms with Crippen molar-refractivity contribution in [2.45, 2.75) is 19.3 Å². The van der Waals surface area contributed by atoms with Crippen molar-refractivity contribution < 1.29 is 0 Å². The van der Waals surface area contributed by atoms with Gasteiger partial charge in [-0.15, -0.1) is 0 Å². The molecule has 1 aromatic carbocycles. The van der Waals surface area contributed by atoms with Crippen LogP contribution in [0.3, 0.4) is 0 Å². The zero-order valence-electron chi connectivity index (χ0n) is 10.1. The quantitative estimate of drug-likeness (QED) is 0.896. The molecule has 18 heavy (non-hydrogen) atoms. The minimum absolute atomic E-state index is 0.247. The van der Waals surface area contributed by atoms with Crippen molar-refractivity contribution in [3.8, 4) is 11.3 Å². The number of H-pyrrole nitrogens is 1. The van der Waals surface area contributed by atoms with E-state index in [1.807, 2.05) is 6.07 Å². The second kappa shape index (κ2) is 5.74. The van der Waals surface area contributed by atoms with E-state index in [1.54, 1.807) is 18.3 Å². The highest BCUT2D eigenvalue weighted by Gasteiger charge is 2.13. The van der Waals surface area contributed by atoms with Crippen LogP contribution in [0.15, 0.2) is 24.4 Å². The maximum atomic E-state index is 6.16.